The number of nitrogens with two attached hydrogens (primary N) is 1. The third-order valence-corrected chi connectivity index (χ3v) is 3.63. The first-order valence-corrected chi connectivity index (χ1v) is 7.84. The number of hydrogen-bond donors (Lipinski definition) is 2. The molecule has 6 nitrogen and oxygen atoms in total. The van der Waals surface area contributed by atoms with Crippen molar-refractivity contribution in [2.24, 2.45) is 10.7 Å². The molecule has 0 saturated heterocycles. The highest BCUT2D eigenvalue weighted by Crippen LogP contribution is 2.22. The summed E-state index contributed by atoms with van der Waals surface area (Å²) in [6, 6.07) is 4.02. The van der Waals surface area contributed by atoms with Crippen LogP contribution < -0.4 is 15.8 Å². The lowest BCUT2D eigenvalue weighted by atomic mass is 10.3. The Kier molecular flexibility index (Phi) is 6.45. The van der Waals surface area contributed by atoms with Crippen molar-refractivity contribution in [2.75, 3.05) is 13.7 Å². The van der Waals surface area contributed by atoms with Gasteiger partial charge in [0.25, 0.3) is 0 Å². The van der Waals surface area contributed by atoms with Gasteiger partial charge in [-0.05, 0) is 38.2 Å². The highest BCUT2D eigenvalue weighted by Gasteiger charge is 2.16. The molecule has 0 aliphatic heterocycles. The van der Waals surface area contributed by atoms with Crippen LogP contribution >= 0.6 is 0 Å². The van der Waals surface area contributed by atoms with Gasteiger partial charge in [0.2, 0.25) is 5.88 Å². The van der Waals surface area contributed by atoms with E-state index >= 15 is 0 Å². The molecule has 1 aliphatic rings. The summed E-state index contributed by atoms with van der Waals surface area (Å²) in [5.74, 6) is 1.11. The Morgan fingerprint density at radius 3 is 2.86 bits per heavy atom. The van der Waals surface area contributed by atoms with Gasteiger partial charge >= 0.3 is 0 Å². The highest BCUT2D eigenvalue weighted by atomic mass is 16.5. The molecular formula is C16H26N4O2. The third kappa shape index (κ3) is 5.52. The fraction of sp³-hybridized carbons (Fsp3) is 0.625. The van der Waals surface area contributed by atoms with E-state index in [4.69, 9.17) is 15.2 Å². The minimum absolute atomic E-state index is 0.133. The lowest BCUT2D eigenvalue weighted by Gasteiger charge is -2.13. The topological polar surface area (TPSA) is 81.8 Å². The summed E-state index contributed by atoms with van der Waals surface area (Å²) < 4.78 is 10.9. The average Bonchev–Trinajstić information content (AvgIpc) is 3.00. The molecule has 1 aromatic heterocycles. The van der Waals surface area contributed by atoms with Crippen molar-refractivity contribution < 1.29 is 9.47 Å². The van der Waals surface area contributed by atoms with Crippen LogP contribution in [-0.4, -0.2) is 36.8 Å². The number of guanidine groups is 1. The molecule has 1 aliphatic carbocycles. The molecule has 0 aromatic carbocycles. The van der Waals surface area contributed by atoms with Crippen molar-refractivity contribution >= 4 is 5.96 Å². The normalized spacial score (nSPS) is 17.5. The molecule has 0 radical (unpaired) electrons. The van der Waals surface area contributed by atoms with Gasteiger partial charge in [0.05, 0.1) is 13.2 Å². The van der Waals surface area contributed by atoms with E-state index < -0.39 is 0 Å². The van der Waals surface area contributed by atoms with E-state index in [9.17, 15) is 0 Å². The first kappa shape index (κ1) is 16.5. The maximum absolute atomic E-state index is 5.84. The summed E-state index contributed by atoms with van der Waals surface area (Å²) in [7, 11) is 1.66. The van der Waals surface area contributed by atoms with Gasteiger partial charge in [-0.25, -0.2) is 9.98 Å². The minimum atomic E-state index is 0.133. The zero-order valence-corrected chi connectivity index (χ0v) is 13.4. The summed E-state index contributed by atoms with van der Waals surface area (Å²) in [5.41, 5.74) is 6.83. The number of ether oxygens (including phenoxy) is 2. The van der Waals surface area contributed by atoms with Crippen molar-refractivity contribution in [3.05, 3.63) is 23.9 Å². The van der Waals surface area contributed by atoms with Crippen molar-refractivity contribution in [3.8, 4) is 5.88 Å². The Morgan fingerprint density at radius 1 is 1.45 bits per heavy atom. The maximum Gasteiger partial charge on any atom is 0.213 e. The van der Waals surface area contributed by atoms with Crippen LogP contribution in [0.3, 0.4) is 0 Å². The number of hydrogen-bond acceptors (Lipinski definition) is 4. The fourth-order valence-electron chi connectivity index (χ4n) is 2.52. The summed E-state index contributed by atoms with van der Waals surface area (Å²) in [6.45, 7) is 3.07. The average molecular weight is 306 g/mol. The maximum atomic E-state index is 5.84. The molecule has 1 heterocycles. The SMILES string of the molecule is COCC(C)NC(N)=NCc1ccc(OC2CCCC2)nc1. The molecule has 6 heteroatoms. The molecular weight excluding hydrogens is 280 g/mol. The standard InChI is InChI=1S/C16H26N4O2/c1-12(11-21-2)20-16(17)19-10-13-7-8-15(18-9-13)22-14-5-3-4-6-14/h7-9,12,14H,3-6,10-11H2,1-2H3,(H3,17,19,20). The van der Waals surface area contributed by atoms with E-state index in [2.05, 4.69) is 15.3 Å². The van der Waals surface area contributed by atoms with Crippen LogP contribution in [0.15, 0.2) is 23.3 Å². The van der Waals surface area contributed by atoms with Crippen LogP contribution in [0, 0.1) is 0 Å². The van der Waals surface area contributed by atoms with Gasteiger partial charge in [-0.2, -0.15) is 0 Å². The molecule has 0 bridgehead atoms. The van der Waals surface area contributed by atoms with Crippen molar-refractivity contribution in [3.63, 3.8) is 0 Å². The van der Waals surface area contributed by atoms with Gasteiger partial charge in [-0.3, -0.25) is 0 Å². The Hall–Kier alpha value is -1.82. The molecule has 1 atom stereocenters. The first-order chi connectivity index (χ1) is 10.7. The van der Waals surface area contributed by atoms with E-state index in [1.807, 2.05) is 19.1 Å². The number of nitrogens with one attached hydrogen (secondary N) is 1. The number of aromatic nitrogens is 1. The molecule has 1 unspecified atom stereocenters. The molecule has 3 N–H and O–H groups in total. The van der Waals surface area contributed by atoms with Crippen LogP contribution in [0.25, 0.3) is 0 Å². The number of aliphatic imine (C=N–C) groups is 1. The molecule has 0 spiro atoms. The lowest BCUT2D eigenvalue weighted by Crippen LogP contribution is -2.40. The fourth-order valence-corrected chi connectivity index (χ4v) is 2.52. The van der Waals surface area contributed by atoms with Crippen LogP contribution in [0.2, 0.25) is 0 Å². The Morgan fingerprint density at radius 2 is 2.23 bits per heavy atom. The zero-order chi connectivity index (χ0) is 15.8. The Bertz CT molecular complexity index is 470. The van der Waals surface area contributed by atoms with Crippen LogP contribution in [0.4, 0.5) is 0 Å². The molecule has 1 fully saturated rings. The van der Waals surface area contributed by atoms with E-state index in [0.717, 1.165) is 18.4 Å². The second-order valence-corrected chi connectivity index (χ2v) is 5.73. The predicted octanol–water partition coefficient (Wildman–Crippen LogP) is 1.84. The van der Waals surface area contributed by atoms with Gasteiger partial charge in [0.15, 0.2) is 5.96 Å². The predicted molar refractivity (Wildman–Crippen MR) is 86.9 cm³/mol. The molecule has 22 heavy (non-hydrogen) atoms. The lowest BCUT2D eigenvalue weighted by molar-refractivity contribution is 0.179. The Balaban J connectivity index is 1.80. The number of pyridine rings is 1. The van der Waals surface area contributed by atoms with E-state index in [1.165, 1.54) is 12.8 Å². The van der Waals surface area contributed by atoms with Crippen LogP contribution in [0.1, 0.15) is 38.2 Å². The van der Waals surface area contributed by atoms with Gasteiger partial charge in [0.1, 0.15) is 6.10 Å². The highest BCUT2D eigenvalue weighted by molar-refractivity contribution is 5.78. The Labute approximate surface area is 132 Å². The summed E-state index contributed by atoms with van der Waals surface area (Å²) >= 11 is 0. The minimum Gasteiger partial charge on any atom is -0.474 e. The van der Waals surface area contributed by atoms with Crippen molar-refractivity contribution in [2.45, 2.75) is 51.3 Å². The number of nitrogens with zero attached hydrogens (tertiary/aromatic N) is 2. The van der Waals surface area contributed by atoms with Gasteiger partial charge in [-0.1, -0.05) is 6.07 Å². The van der Waals surface area contributed by atoms with Crippen molar-refractivity contribution in [1.82, 2.24) is 10.3 Å². The van der Waals surface area contributed by atoms with Crippen molar-refractivity contribution in [1.29, 1.82) is 0 Å². The van der Waals surface area contributed by atoms with Gasteiger partial charge < -0.3 is 20.5 Å². The van der Waals surface area contributed by atoms with Gasteiger partial charge in [-0.15, -0.1) is 0 Å². The van der Waals surface area contributed by atoms with E-state index in [1.54, 1.807) is 13.3 Å². The quantitative estimate of drug-likeness (QED) is 0.593. The monoisotopic (exact) mass is 306 g/mol. The largest absolute Gasteiger partial charge is 0.474 e. The molecule has 1 aromatic rings. The summed E-state index contributed by atoms with van der Waals surface area (Å²) in [5, 5.41) is 3.07. The van der Waals surface area contributed by atoms with Gasteiger partial charge in [0, 0.05) is 25.4 Å². The first-order valence-electron chi connectivity index (χ1n) is 7.84. The molecule has 2 rings (SSSR count). The molecule has 122 valence electrons. The molecule has 1 saturated carbocycles. The second-order valence-electron chi connectivity index (χ2n) is 5.73. The number of rotatable bonds is 7. The summed E-state index contributed by atoms with van der Waals surface area (Å²) in [4.78, 5) is 8.63. The van der Waals surface area contributed by atoms with Crippen LogP contribution in [-0.2, 0) is 11.3 Å². The smallest absolute Gasteiger partial charge is 0.213 e. The second kappa shape index (κ2) is 8.58. The van der Waals surface area contributed by atoms with Crippen LogP contribution in [0.5, 0.6) is 5.88 Å². The third-order valence-electron chi connectivity index (χ3n) is 3.63. The zero-order valence-electron chi connectivity index (χ0n) is 13.4. The van der Waals surface area contributed by atoms with E-state index in [-0.39, 0.29) is 6.04 Å². The van der Waals surface area contributed by atoms with E-state index in [0.29, 0.717) is 31.1 Å². The number of methoxy groups -OCH3 is 1. The molecule has 0 amide bonds. The summed E-state index contributed by atoms with van der Waals surface area (Å²) in [6.07, 6.45) is 6.90.